The molecule has 0 aliphatic carbocycles. The molecule has 3 nitrogen and oxygen atoms in total. The third-order valence-electron chi connectivity index (χ3n) is 4.30. The second kappa shape index (κ2) is 6.10. The Morgan fingerprint density at radius 3 is 2.81 bits per heavy atom. The highest BCUT2D eigenvalue weighted by Crippen LogP contribution is 2.22. The lowest BCUT2D eigenvalue weighted by atomic mass is 10.0. The van der Waals surface area contributed by atoms with Crippen LogP contribution in [0.3, 0.4) is 0 Å². The van der Waals surface area contributed by atoms with E-state index in [1.54, 1.807) is 0 Å². The maximum absolute atomic E-state index is 13.5. The molecule has 0 amide bonds. The third kappa shape index (κ3) is 2.93. The molecule has 3 rings (SSSR count). The molecule has 1 aromatic carbocycles. The Hall–Kier alpha value is -1.49. The van der Waals surface area contributed by atoms with Gasteiger partial charge < -0.3 is 9.88 Å². The van der Waals surface area contributed by atoms with Crippen molar-refractivity contribution in [2.24, 2.45) is 0 Å². The predicted octanol–water partition coefficient (Wildman–Crippen LogP) is 3.41. The van der Waals surface area contributed by atoms with Gasteiger partial charge in [-0.2, -0.15) is 0 Å². The van der Waals surface area contributed by atoms with Crippen LogP contribution in [-0.4, -0.2) is 22.1 Å². The Kier molecular flexibility index (Phi) is 4.19. The van der Waals surface area contributed by atoms with Crippen molar-refractivity contribution in [3.63, 3.8) is 0 Å². The van der Waals surface area contributed by atoms with Gasteiger partial charge in [0.05, 0.1) is 11.0 Å². The highest BCUT2D eigenvalue weighted by molar-refractivity contribution is 5.76. The summed E-state index contributed by atoms with van der Waals surface area (Å²) in [5.74, 6) is -0.739. The SMILES string of the molecule is CCc1nc2cc(F)c(F)cc2n1CCC1CCCCN1. The zero-order valence-electron chi connectivity index (χ0n) is 12.3. The summed E-state index contributed by atoms with van der Waals surface area (Å²) < 4.78 is 28.9. The van der Waals surface area contributed by atoms with Crippen LogP contribution in [0.4, 0.5) is 8.78 Å². The van der Waals surface area contributed by atoms with Gasteiger partial charge in [-0.1, -0.05) is 13.3 Å². The van der Waals surface area contributed by atoms with E-state index in [1.807, 2.05) is 11.5 Å². The van der Waals surface area contributed by atoms with Gasteiger partial charge in [0.2, 0.25) is 0 Å². The molecule has 0 radical (unpaired) electrons. The number of fused-ring (bicyclic) bond motifs is 1. The molecular weight excluding hydrogens is 272 g/mol. The first-order valence-corrected chi connectivity index (χ1v) is 7.76. The first-order chi connectivity index (χ1) is 10.2. The van der Waals surface area contributed by atoms with Crippen molar-refractivity contribution in [2.45, 2.75) is 51.6 Å². The Balaban J connectivity index is 1.86. The normalized spacial score (nSPS) is 19.3. The van der Waals surface area contributed by atoms with Crippen molar-refractivity contribution in [3.05, 3.63) is 29.6 Å². The molecule has 1 atom stereocenters. The Morgan fingerprint density at radius 1 is 1.29 bits per heavy atom. The number of halogens is 2. The van der Waals surface area contributed by atoms with Crippen molar-refractivity contribution in [1.82, 2.24) is 14.9 Å². The molecule has 5 heteroatoms. The molecular formula is C16H21F2N3. The number of aromatic nitrogens is 2. The largest absolute Gasteiger partial charge is 0.328 e. The summed E-state index contributed by atoms with van der Waals surface area (Å²) in [6.07, 6.45) is 5.46. The molecule has 2 aromatic rings. The predicted molar refractivity (Wildman–Crippen MR) is 79.3 cm³/mol. The molecule has 1 saturated heterocycles. The van der Waals surface area contributed by atoms with Crippen molar-refractivity contribution in [2.75, 3.05) is 6.54 Å². The molecule has 1 aromatic heterocycles. The summed E-state index contributed by atoms with van der Waals surface area (Å²) >= 11 is 0. The van der Waals surface area contributed by atoms with Gasteiger partial charge in [0.1, 0.15) is 5.82 Å². The lowest BCUT2D eigenvalue weighted by Gasteiger charge is -2.24. The second-order valence-corrected chi connectivity index (χ2v) is 5.72. The minimum absolute atomic E-state index is 0.520. The van der Waals surface area contributed by atoms with Crippen molar-refractivity contribution in [1.29, 1.82) is 0 Å². The number of hydrogen-bond acceptors (Lipinski definition) is 2. The lowest BCUT2D eigenvalue weighted by Crippen LogP contribution is -2.34. The highest BCUT2D eigenvalue weighted by atomic mass is 19.2. The van der Waals surface area contributed by atoms with E-state index in [2.05, 4.69) is 10.3 Å². The molecule has 0 spiro atoms. The van der Waals surface area contributed by atoms with Gasteiger partial charge in [-0.3, -0.25) is 0 Å². The maximum atomic E-state index is 13.5. The van der Waals surface area contributed by atoms with E-state index in [0.717, 1.165) is 31.8 Å². The molecule has 0 saturated carbocycles. The van der Waals surface area contributed by atoms with Crippen LogP contribution in [-0.2, 0) is 13.0 Å². The zero-order valence-corrected chi connectivity index (χ0v) is 12.3. The molecule has 1 fully saturated rings. The van der Waals surface area contributed by atoms with Crippen LogP contribution in [0.15, 0.2) is 12.1 Å². The molecule has 21 heavy (non-hydrogen) atoms. The molecule has 1 aliphatic heterocycles. The first-order valence-electron chi connectivity index (χ1n) is 7.76. The number of nitrogens with zero attached hydrogens (tertiary/aromatic N) is 2. The quantitative estimate of drug-likeness (QED) is 0.936. The van der Waals surface area contributed by atoms with E-state index in [-0.39, 0.29) is 0 Å². The number of imidazole rings is 1. The monoisotopic (exact) mass is 293 g/mol. The summed E-state index contributed by atoms with van der Waals surface area (Å²) in [6.45, 7) is 3.89. The van der Waals surface area contributed by atoms with Crippen LogP contribution in [0.25, 0.3) is 11.0 Å². The van der Waals surface area contributed by atoms with E-state index in [9.17, 15) is 8.78 Å². The fraction of sp³-hybridized carbons (Fsp3) is 0.562. The van der Waals surface area contributed by atoms with E-state index >= 15 is 0 Å². The molecule has 1 aliphatic rings. The second-order valence-electron chi connectivity index (χ2n) is 5.72. The van der Waals surface area contributed by atoms with Gasteiger partial charge in [0.15, 0.2) is 11.6 Å². The Bertz CT molecular complexity index is 630. The average Bonchev–Trinajstić information content (AvgIpc) is 2.83. The van der Waals surface area contributed by atoms with Crippen LogP contribution in [0.1, 0.15) is 38.4 Å². The minimum Gasteiger partial charge on any atom is -0.328 e. The summed E-state index contributed by atoms with van der Waals surface area (Å²) in [6, 6.07) is 2.98. The number of piperidine rings is 1. The number of aryl methyl sites for hydroxylation is 2. The van der Waals surface area contributed by atoms with Crippen molar-refractivity contribution >= 4 is 11.0 Å². The number of nitrogens with one attached hydrogen (secondary N) is 1. The fourth-order valence-corrected chi connectivity index (χ4v) is 3.14. The highest BCUT2D eigenvalue weighted by Gasteiger charge is 2.16. The van der Waals surface area contributed by atoms with E-state index in [1.165, 1.54) is 31.4 Å². The van der Waals surface area contributed by atoms with E-state index < -0.39 is 11.6 Å². The number of benzene rings is 1. The van der Waals surface area contributed by atoms with Gasteiger partial charge in [0, 0.05) is 31.1 Å². The molecule has 0 bridgehead atoms. The van der Waals surface area contributed by atoms with E-state index in [0.29, 0.717) is 17.1 Å². The van der Waals surface area contributed by atoms with Crippen molar-refractivity contribution in [3.8, 4) is 0 Å². The van der Waals surface area contributed by atoms with Gasteiger partial charge >= 0.3 is 0 Å². The number of rotatable bonds is 4. The maximum Gasteiger partial charge on any atom is 0.161 e. The van der Waals surface area contributed by atoms with Crippen molar-refractivity contribution < 1.29 is 8.78 Å². The Labute approximate surface area is 123 Å². The average molecular weight is 293 g/mol. The van der Waals surface area contributed by atoms with Crippen LogP contribution in [0.5, 0.6) is 0 Å². The van der Waals surface area contributed by atoms with Gasteiger partial charge in [-0.15, -0.1) is 0 Å². The van der Waals surface area contributed by atoms with Crippen LogP contribution >= 0.6 is 0 Å². The zero-order chi connectivity index (χ0) is 14.8. The van der Waals surface area contributed by atoms with Crippen LogP contribution in [0.2, 0.25) is 0 Å². The summed E-state index contributed by atoms with van der Waals surface area (Å²) in [5, 5.41) is 3.52. The smallest absolute Gasteiger partial charge is 0.161 e. The summed E-state index contributed by atoms with van der Waals surface area (Å²) in [4.78, 5) is 4.43. The molecule has 1 unspecified atom stereocenters. The fourth-order valence-electron chi connectivity index (χ4n) is 3.14. The lowest BCUT2D eigenvalue weighted by molar-refractivity contribution is 0.366. The standard InChI is InChI=1S/C16H21F2N3/c1-2-16-20-14-9-12(17)13(18)10-15(14)21(16)8-6-11-5-3-4-7-19-11/h9-11,19H,2-8H2,1H3. The van der Waals surface area contributed by atoms with E-state index in [4.69, 9.17) is 0 Å². The minimum atomic E-state index is -0.830. The number of hydrogen-bond donors (Lipinski definition) is 1. The third-order valence-corrected chi connectivity index (χ3v) is 4.30. The summed E-state index contributed by atoms with van der Waals surface area (Å²) in [7, 11) is 0. The summed E-state index contributed by atoms with van der Waals surface area (Å²) in [5.41, 5.74) is 1.24. The topological polar surface area (TPSA) is 29.9 Å². The molecule has 114 valence electrons. The molecule has 2 heterocycles. The van der Waals surface area contributed by atoms with Crippen LogP contribution < -0.4 is 5.32 Å². The molecule has 1 N–H and O–H groups in total. The van der Waals surface area contributed by atoms with Crippen LogP contribution in [0, 0.1) is 11.6 Å². The van der Waals surface area contributed by atoms with Gasteiger partial charge in [-0.05, 0) is 25.8 Å². The van der Waals surface area contributed by atoms with Gasteiger partial charge in [0.25, 0.3) is 0 Å². The first kappa shape index (κ1) is 14.4. The Morgan fingerprint density at radius 2 is 2.10 bits per heavy atom. The van der Waals surface area contributed by atoms with Gasteiger partial charge in [-0.25, -0.2) is 13.8 Å².